The normalized spacial score (nSPS) is 17.2. The summed E-state index contributed by atoms with van der Waals surface area (Å²) >= 11 is 0. The number of anilines is 1. The molecule has 18 heteroatoms. The van der Waals surface area contributed by atoms with Crippen molar-refractivity contribution in [2.24, 2.45) is 4.99 Å². The predicted octanol–water partition coefficient (Wildman–Crippen LogP) is 1.78. The lowest BCUT2D eigenvalue weighted by molar-refractivity contribution is -0.139. The smallest absolute Gasteiger partial charge is 0.338 e. The fourth-order valence-electron chi connectivity index (χ4n) is 4.24. The molecule has 1 N–H and O–H groups in total. The summed E-state index contributed by atoms with van der Waals surface area (Å²) in [5.41, 5.74) is -4.44. The van der Waals surface area contributed by atoms with Crippen molar-refractivity contribution in [3.63, 3.8) is 0 Å². The summed E-state index contributed by atoms with van der Waals surface area (Å²) in [4.78, 5) is 54.4. The molecule has 0 atom stereocenters. The molecule has 0 bridgehead atoms. The highest BCUT2D eigenvalue weighted by molar-refractivity contribution is 5.91. The fourth-order valence-corrected chi connectivity index (χ4v) is 4.24. The number of halogens is 6. The zero-order valence-corrected chi connectivity index (χ0v) is 21.0. The van der Waals surface area contributed by atoms with Crippen LogP contribution in [0.2, 0.25) is 0 Å². The number of urea groups is 1. The largest absolute Gasteiger partial charge is 0.423 e. The molecule has 0 unspecified atom stereocenters. The topological polar surface area (TPSA) is 131 Å². The highest BCUT2D eigenvalue weighted by atomic mass is 19.4. The monoisotopic (exact) mass is 575 g/mol. The Hall–Kier alpha value is -4.25. The van der Waals surface area contributed by atoms with Gasteiger partial charge in [-0.2, -0.15) is 31.4 Å². The van der Waals surface area contributed by atoms with Crippen LogP contribution in [0.25, 0.3) is 0 Å². The molecule has 40 heavy (non-hydrogen) atoms. The van der Waals surface area contributed by atoms with Crippen LogP contribution >= 0.6 is 0 Å². The minimum absolute atomic E-state index is 0.112. The van der Waals surface area contributed by atoms with Gasteiger partial charge in [0.05, 0.1) is 18.3 Å². The van der Waals surface area contributed by atoms with E-state index in [1.807, 2.05) is 0 Å². The molecule has 3 amide bonds. The van der Waals surface area contributed by atoms with Crippen molar-refractivity contribution >= 4 is 29.3 Å². The van der Waals surface area contributed by atoms with Gasteiger partial charge in [0.2, 0.25) is 11.9 Å². The zero-order chi connectivity index (χ0) is 29.2. The van der Waals surface area contributed by atoms with E-state index in [0.29, 0.717) is 12.4 Å². The van der Waals surface area contributed by atoms with Crippen molar-refractivity contribution in [2.75, 3.05) is 57.3 Å². The molecule has 2 aromatic heterocycles. The van der Waals surface area contributed by atoms with E-state index >= 15 is 0 Å². The number of aromatic nitrogens is 4. The second-order valence-corrected chi connectivity index (χ2v) is 9.07. The maximum absolute atomic E-state index is 13.2. The number of nitrogens with one attached hydrogen (secondary N) is 1. The van der Waals surface area contributed by atoms with Gasteiger partial charge in [-0.3, -0.25) is 14.6 Å². The summed E-state index contributed by atoms with van der Waals surface area (Å²) < 4.78 is 77.9. The number of alkyl halides is 6. The number of nitrogens with zero attached hydrogens (tertiary/aromatic N) is 8. The van der Waals surface area contributed by atoms with E-state index in [4.69, 9.17) is 0 Å². The summed E-state index contributed by atoms with van der Waals surface area (Å²) in [6.45, 7) is 2.52. The maximum Gasteiger partial charge on any atom is 0.423 e. The van der Waals surface area contributed by atoms with Crippen molar-refractivity contribution in [2.45, 2.75) is 19.3 Å². The molecule has 0 aromatic carbocycles. The Kier molecular flexibility index (Phi) is 7.97. The molecule has 4 heterocycles. The molecule has 0 saturated carbocycles. The van der Waals surface area contributed by atoms with E-state index in [9.17, 15) is 40.7 Å². The number of rotatable bonds is 6. The second-order valence-electron chi connectivity index (χ2n) is 9.07. The van der Waals surface area contributed by atoms with Crippen molar-refractivity contribution in [3.05, 3.63) is 40.1 Å². The molecule has 2 fully saturated rings. The molecule has 0 aliphatic carbocycles. The van der Waals surface area contributed by atoms with Crippen molar-refractivity contribution in [1.29, 1.82) is 0 Å². The number of aliphatic imine (C=N–C) groups is 1. The molecule has 2 saturated heterocycles. The number of carbonyl (C=O) groups excluding carboxylic acids is 2. The van der Waals surface area contributed by atoms with Crippen molar-refractivity contribution in [3.8, 4) is 0 Å². The molecule has 2 aliphatic rings. The number of aromatic amines is 1. The molecule has 216 valence electrons. The van der Waals surface area contributed by atoms with Gasteiger partial charge in [-0.25, -0.2) is 19.9 Å². The van der Waals surface area contributed by atoms with Gasteiger partial charge < -0.3 is 19.6 Å². The summed E-state index contributed by atoms with van der Waals surface area (Å²) in [6.07, 6.45) is -7.33. The van der Waals surface area contributed by atoms with Crippen LogP contribution < -0.4 is 10.5 Å². The Balaban J connectivity index is 1.30. The summed E-state index contributed by atoms with van der Waals surface area (Å²) in [6, 6.07) is -0.500. The number of H-pyrrole nitrogens is 1. The first-order chi connectivity index (χ1) is 18.7. The van der Waals surface area contributed by atoms with E-state index in [1.54, 1.807) is 10.00 Å². The third-order valence-electron chi connectivity index (χ3n) is 6.24. The van der Waals surface area contributed by atoms with Crippen molar-refractivity contribution < 1.29 is 35.9 Å². The summed E-state index contributed by atoms with van der Waals surface area (Å²) in [7, 11) is 0. The fraction of sp³-hybridized carbons (Fsp3) is 0.500. The summed E-state index contributed by atoms with van der Waals surface area (Å²) in [5.74, 6) is -0.223. The Morgan fingerprint density at radius 3 is 2.08 bits per heavy atom. The molecule has 12 nitrogen and oxygen atoms in total. The molecule has 0 spiro atoms. The van der Waals surface area contributed by atoms with Crippen LogP contribution in [0, 0.1) is 0 Å². The Morgan fingerprint density at radius 2 is 1.50 bits per heavy atom. The van der Waals surface area contributed by atoms with Gasteiger partial charge in [0.15, 0.2) is 0 Å². The highest BCUT2D eigenvalue weighted by Crippen LogP contribution is 2.33. The predicted molar refractivity (Wildman–Crippen MR) is 127 cm³/mol. The lowest BCUT2D eigenvalue weighted by atomic mass is 10.2. The summed E-state index contributed by atoms with van der Waals surface area (Å²) in [5, 5.41) is 5.08. The standard InChI is InChI=1S/C22H23F6N9O3/c1-13(32-15-10-31-33-18(39)17(15)22(26,27)28)11-36-6-7-37(20(36)40)12-16(38)34-2-4-35(5-3-34)19-29-8-14(9-30-19)21(23,24)25/h8-10H,2-7,11-12H2,1H3,(H,33,39). The van der Waals surface area contributed by atoms with Crippen LogP contribution in [0.3, 0.4) is 0 Å². The van der Waals surface area contributed by atoms with Crippen LogP contribution in [0.1, 0.15) is 18.1 Å². The van der Waals surface area contributed by atoms with Crippen molar-refractivity contribution in [1.82, 2.24) is 34.9 Å². The molecule has 4 rings (SSSR count). The third kappa shape index (κ3) is 6.48. The van der Waals surface area contributed by atoms with Gasteiger partial charge in [0.1, 0.15) is 17.8 Å². The Morgan fingerprint density at radius 1 is 0.900 bits per heavy atom. The lowest BCUT2D eigenvalue weighted by Gasteiger charge is -2.35. The van der Waals surface area contributed by atoms with Crippen LogP contribution in [-0.4, -0.2) is 105 Å². The maximum atomic E-state index is 13.2. The van der Waals surface area contributed by atoms with E-state index in [0.717, 1.165) is 6.20 Å². The van der Waals surface area contributed by atoms with E-state index in [2.05, 4.69) is 20.1 Å². The van der Waals surface area contributed by atoms with E-state index in [1.165, 1.54) is 21.6 Å². The first-order valence-corrected chi connectivity index (χ1v) is 11.9. The lowest BCUT2D eigenvalue weighted by Crippen LogP contribution is -2.52. The number of carbonyl (C=O) groups is 2. The molecular weight excluding hydrogens is 552 g/mol. The van der Waals surface area contributed by atoms with Gasteiger partial charge in [-0.1, -0.05) is 0 Å². The zero-order valence-electron chi connectivity index (χ0n) is 21.0. The number of hydrogen-bond acceptors (Lipinski definition) is 8. The van der Waals surface area contributed by atoms with E-state index < -0.39 is 40.8 Å². The minimum Gasteiger partial charge on any atom is -0.338 e. The molecule has 2 aromatic rings. The van der Waals surface area contributed by atoms with Crippen LogP contribution in [0.15, 0.2) is 28.4 Å². The first-order valence-electron chi connectivity index (χ1n) is 11.9. The second kappa shape index (κ2) is 11.1. The SMILES string of the molecule is CC(CN1CCN(CC(=O)N2CCN(c3ncc(C(F)(F)F)cn3)CC2)C1=O)=Nc1cn[nH]c(=O)c1C(F)(F)F. The third-order valence-corrected chi connectivity index (χ3v) is 6.24. The average molecular weight is 575 g/mol. The highest BCUT2D eigenvalue weighted by Gasteiger charge is 2.38. The number of amides is 3. The van der Waals surface area contributed by atoms with Gasteiger partial charge in [-0.05, 0) is 6.92 Å². The Labute approximate surface area is 222 Å². The molecule has 2 aliphatic heterocycles. The quantitative estimate of drug-likeness (QED) is 0.411. The van der Waals surface area contributed by atoms with Gasteiger partial charge in [0.25, 0.3) is 5.56 Å². The van der Waals surface area contributed by atoms with Gasteiger partial charge in [-0.15, -0.1) is 0 Å². The van der Waals surface area contributed by atoms with E-state index in [-0.39, 0.29) is 69.9 Å². The molecular formula is C22H23F6N9O3. The first kappa shape index (κ1) is 28.8. The van der Waals surface area contributed by atoms with Crippen LogP contribution in [0.4, 0.5) is 42.8 Å². The number of hydrogen-bond donors (Lipinski definition) is 1. The van der Waals surface area contributed by atoms with Crippen LogP contribution in [-0.2, 0) is 17.1 Å². The average Bonchev–Trinajstić information content (AvgIpc) is 3.21. The van der Waals surface area contributed by atoms with Gasteiger partial charge >= 0.3 is 18.4 Å². The molecule has 0 radical (unpaired) electrons. The van der Waals surface area contributed by atoms with Gasteiger partial charge in [0, 0.05) is 57.4 Å². The minimum atomic E-state index is -4.95. The number of piperazine rings is 1. The van der Waals surface area contributed by atoms with Crippen LogP contribution in [0.5, 0.6) is 0 Å². The Bertz CT molecular complexity index is 1340.